The minimum absolute atomic E-state index is 0.00465. The summed E-state index contributed by atoms with van der Waals surface area (Å²) in [7, 11) is 0. The lowest BCUT2D eigenvalue weighted by Crippen LogP contribution is -2.67. The van der Waals surface area contributed by atoms with Gasteiger partial charge in [0.2, 0.25) is 0 Å². The van der Waals surface area contributed by atoms with Gasteiger partial charge in [0.1, 0.15) is 5.60 Å². The van der Waals surface area contributed by atoms with E-state index in [0.29, 0.717) is 0 Å². The Morgan fingerprint density at radius 3 is 1.17 bits per heavy atom. The van der Waals surface area contributed by atoms with Gasteiger partial charge in [-0.3, -0.25) is 4.79 Å². The molecule has 2 heteroatoms. The van der Waals surface area contributed by atoms with Crippen LogP contribution in [-0.4, -0.2) is 11.6 Å². The molecule has 4 fully saturated rings. The van der Waals surface area contributed by atoms with Crippen LogP contribution in [0.25, 0.3) is 0 Å². The second-order valence-electron chi connectivity index (χ2n) is 12.8. The van der Waals surface area contributed by atoms with Crippen LogP contribution in [0.15, 0.2) is 91.0 Å². The molecule has 0 N–H and O–H groups in total. The molecule has 0 radical (unpaired) electrons. The molecule has 35 heavy (non-hydrogen) atoms. The molecule has 0 unspecified atom stereocenters. The Hall–Kier alpha value is -2.87. The lowest BCUT2D eigenvalue weighted by molar-refractivity contribution is -0.191. The third-order valence-electron chi connectivity index (χ3n) is 9.05. The number of esters is 1. The van der Waals surface area contributed by atoms with E-state index in [-0.39, 0.29) is 22.2 Å². The van der Waals surface area contributed by atoms with Crippen LogP contribution in [-0.2, 0) is 25.8 Å². The van der Waals surface area contributed by atoms with Crippen molar-refractivity contribution in [1.29, 1.82) is 0 Å². The Morgan fingerprint density at radius 2 is 0.886 bits per heavy atom. The number of rotatable bonds is 4. The Morgan fingerprint density at radius 1 is 0.571 bits per heavy atom. The molecule has 4 bridgehead atoms. The van der Waals surface area contributed by atoms with Crippen LogP contribution < -0.4 is 0 Å². The van der Waals surface area contributed by atoms with Crippen molar-refractivity contribution in [3.63, 3.8) is 0 Å². The summed E-state index contributed by atoms with van der Waals surface area (Å²) in [5, 5.41) is 0. The molecule has 0 aromatic heterocycles. The van der Waals surface area contributed by atoms with Gasteiger partial charge in [-0.2, -0.15) is 0 Å². The van der Waals surface area contributed by atoms with Gasteiger partial charge in [0.15, 0.2) is 0 Å². The molecule has 4 aliphatic rings. The molecule has 0 spiro atoms. The fraction of sp³-hybridized carbons (Fsp3) is 0.424. The van der Waals surface area contributed by atoms with E-state index in [1.807, 2.05) is 20.8 Å². The Labute approximate surface area is 209 Å². The number of hydrogen-bond donors (Lipinski definition) is 0. The zero-order valence-electron chi connectivity index (χ0n) is 21.2. The number of ether oxygens (including phenoxy) is 1. The zero-order chi connectivity index (χ0) is 24.4. The molecule has 4 aliphatic carbocycles. The number of carbonyl (C=O) groups is 1. The average molecular weight is 465 g/mol. The monoisotopic (exact) mass is 464 g/mol. The summed E-state index contributed by atoms with van der Waals surface area (Å²) < 4.78 is 6.23. The maximum atomic E-state index is 14.2. The fourth-order valence-electron chi connectivity index (χ4n) is 8.53. The molecule has 0 saturated heterocycles. The summed E-state index contributed by atoms with van der Waals surface area (Å²) in [6.45, 7) is 5.99. The van der Waals surface area contributed by atoms with Crippen LogP contribution >= 0.6 is 0 Å². The maximum Gasteiger partial charge on any atom is 0.312 e. The van der Waals surface area contributed by atoms with E-state index in [1.165, 1.54) is 16.7 Å². The van der Waals surface area contributed by atoms with E-state index in [9.17, 15) is 4.79 Å². The standard InChI is InChI=1S/C33H36O2/c1-29(2,3)35-28(34)33-22-30(25-13-7-4-8-14-25)19-31(23-33,26-15-9-5-10-16-26)21-32(20-30,24-33)27-17-11-6-12-18-27/h4-18H,19-24H2,1-3H3. The van der Waals surface area contributed by atoms with Crippen LogP contribution in [0.5, 0.6) is 0 Å². The van der Waals surface area contributed by atoms with Crippen molar-refractivity contribution in [2.75, 3.05) is 0 Å². The number of hydrogen-bond acceptors (Lipinski definition) is 2. The van der Waals surface area contributed by atoms with Crippen molar-refractivity contribution < 1.29 is 9.53 Å². The lowest BCUT2D eigenvalue weighted by atomic mass is 9.33. The summed E-state index contributed by atoms with van der Waals surface area (Å²) in [5.74, 6) is 0.00465. The van der Waals surface area contributed by atoms with Crippen LogP contribution in [0.2, 0.25) is 0 Å². The predicted molar refractivity (Wildman–Crippen MR) is 140 cm³/mol. The molecule has 2 nitrogen and oxygen atoms in total. The molecular weight excluding hydrogens is 428 g/mol. The highest BCUT2D eigenvalue weighted by molar-refractivity contribution is 5.79. The van der Waals surface area contributed by atoms with Gasteiger partial charge in [0.05, 0.1) is 5.41 Å². The number of carbonyl (C=O) groups excluding carboxylic acids is 1. The SMILES string of the molecule is CC(C)(C)OC(=O)C12CC3(c4ccccc4)CC(c4ccccc4)(C1)CC(c1ccccc1)(C2)C3. The quantitative estimate of drug-likeness (QED) is 0.373. The topological polar surface area (TPSA) is 26.3 Å². The van der Waals surface area contributed by atoms with Crippen molar-refractivity contribution in [3.05, 3.63) is 108 Å². The largest absolute Gasteiger partial charge is 0.460 e. The van der Waals surface area contributed by atoms with Gasteiger partial charge < -0.3 is 4.74 Å². The zero-order valence-corrected chi connectivity index (χ0v) is 21.2. The van der Waals surface area contributed by atoms with Crippen LogP contribution in [0.4, 0.5) is 0 Å². The van der Waals surface area contributed by atoms with Crippen LogP contribution in [0.3, 0.4) is 0 Å². The highest BCUT2D eigenvalue weighted by Crippen LogP contribution is 2.74. The van der Waals surface area contributed by atoms with Gasteiger partial charge in [-0.15, -0.1) is 0 Å². The van der Waals surface area contributed by atoms with E-state index >= 15 is 0 Å². The van der Waals surface area contributed by atoms with Gasteiger partial charge in [0.25, 0.3) is 0 Å². The summed E-state index contributed by atoms with van der Waals surface area (Å²) in [6.07, 6.45) is 5.90. The first-order valence-electron chi connectivity index (χ1n) is 13.1. The van der Waals surface area contributed by atoms with Gasteiger partial charge in [-0.05, 0) is 92.2 Å². The first-order chi connectivity index (χ1) is 16.7. The molecule has 0 aliphatic heterocycles. The molecule has 3 aromatic carbocycles. The first-order valence-corrected chi connectivity index (χ1v) is 13.1. The second kappa shape index (κ2) is 7.56. The number of benzene rings is 3. The predicted octanol–water partition coefficient (Wildman–Crippen LogP) is 7.51. The van der Waals surface area contributed by atoms with Crippen molar-refractivity contribution in [3.8, 4) is 0 Å². The van der Waals surface area contributed by atoms with Crippen LogP contribution in [0.1, 0.15) is 76.0 Å². The Bertz CT molecular complexity index is 1080. The molecule has 3 aromatic rings. The van der Waals surface area contributed by atoms with Crippen molar-refractivity contribution >= 4 is 5.97 Å². The highest BCUT2D eigenvalue weighted by atomic mass is 16.6. The van der Waals surface area contributed by atoms with Gasteiger partial charge in [-0.1, -0.05) is 91.0 Å². The van der Waals surface area contributed by atoms with E-state index in [2.05, 4.69) is 91.0 Å². The van der Waals surface area contributed by atoms with E-state index in [0.717, 1.165) is 38.5 Å². The van der Waals surface area contributed by atoms with E-state index < -0.39 is 11.0 Å². The maximum absolute atomic E-state index is 14.2. The molecule has 7 rings (SSSR count). The van der Waals surface area contributed by atoms with Gasteiger partial charge in [-0.25, -0.2) is 0 Å². The Kier molecular flexibility index (Phi) is 4.88. The van der Waals surface area contributed by atoms with E-state index in [1.54, 1.807) is 0 Å². The van der Waals surface area contributed by atoms with Crippen LogP contribution in [0, 0.1) is 5.41 Å². The summed E-state index contributed by atoms with van der Waals surface area (Å²) >= 11 is 0. The Balaban J connectivity index is 1.61. The van der Waals surface area contributed by atoms with Crippen molar-refractivity contribution in [2.24, 2.45) is 5.41 Å². The smallest absolute Gasteiger partial charge is 0.312 e. The molecular formula is C33H36O2. The second-order valence-corrected chi connectivity index (χ2v) is 12.8. The molecule has 0 amide bonds. The lowest BCUT2D eigenvalue weighted by Gasteiger charge is -2.70. The summed E-state index contributed by atoms with van der Waals surface area (Å²) in [5.41, 5.74) is 2.98. The van der Waals surface area contributed by atoms with Crippen molar-refractivity contribution in [1.82, 2.24) is 0 Å². The minimum Gasteiger partial charge on any atom is -0.460 e. The minimum atomic E-state index is -0.500. The third kappa shape index (κ3) is 3.56. The third-order valence-corrected chi connectivity index (χ3v) is 9.05. The van der Waals surface area contributed by atoms with Crippen molar-refractivity contribution in [2.45, 2.75) is 81.1 Å². The van der Waals surface area contributed by atoms with Gasteiger partial charge in [0, 0.05) is 0 Å². The molecule has 180 valence electrons. The molecule has 4 saturated carbocycles. The van der Waals surface area contributed by atoms with E-state index in [4.69, 9.17) is 4.74 Å². The highest BCUT2D eigenvalue weighted by Gasteiger charge is 2.71. The fourth-order valence-corrected chi connectivity index (χ4v) is 8.53. The average Bonchev–Trinajstić information content (AvgIpc) is 2.84. The summed E-state index contributed by atoms with van der Waals surface area (Å²) in [4.78, 5) is 14.2. The van der Waals surface area contributed by atoms with Gasteiger partial charge >= 0.3 is 5.97 Å². The normalized spacial score (nSPS) is 33.5. The molecule has 0 heterocycles. The summed E-state index contributed by atoms with van der Waals surface area (Å²) in [6, 6.07) is 33.1. The molecule has 0 atom stereocenters. The first kappa shape index (κ1) is 22.6.